The van der Waals surface area contributed by atoms with E-state index in [0.29, 0.717) is 12.5 Å². The second kappa shape index (κ2) is 9.36. The molecule has 1 amide bonds. The van der Waals surface area contributed by atoms with E-state index in [9.17, 15) is 32.0 Å². The molecule has 37 heavy (non-hydrogen) atoms. The predicted octanol–water partition coefficient (Wildman–Crippen LogP) is 3.64. The minimum Gasteiger partial charge on any atom is -0.509 e. The molecule has 0 aromatic heterocycles. The molecule has 2 heterocycles. The summed E-state index contributed by atoms with van der Waals surface area (Å²) >= 11 is 0. The van der Waals surface area contributed by atoms with Gasteiger partial charge in [0, 0.05) is 12.2 Å². The molecule has 3 aliphatic rings. The van der Waals surface area contributed by atoms with E-state index in [1.165, 1.54) is 12.1 Å². The number of anilines is 2. The number of nitriles is 1. The number of fused-ring (bicyclic) bond motifs is 1. The van der Waals surface area contributed by atoms with E-state index in [4.69, 9.17) is 0 Å². The molecule has 1 aliphatic carbocycles. The van der Waals surface area contributed by atoms with Crippen molar-refractivity contribution in [3.05, 3.63) is 40.1 Å². The first-order valence-electron chi connectivity index (χ1n) is 12.2. The molecule has 0 unspecified atom stereocenters. The minimum atomic E-state index is -4.44. The van der Waals surface area contributed by atoms with Crippen molar-refractivity contribution < 1.29 is 26.7 Å². The summed E-state index contributed by atoms with van der Waals surface area (Å²) in [5.74, 6) is -0.295. The molecule has 10 nitrogen and oxygen atoms in total. The molecule has 1 aromatic rings. The lowest BCUT2D eigenvalue weighted by Crippen LogP contribution is -2.44. The predicted molar refractivity (Wildman–Crippen MR) is 140 cm³/mol. The zero-order valence-corrected chi connectivity index (χ0v) is 23.0. The van der Waals surface area contributed by atoms with Crippen molar-refractivity contribution in [1.82, 2.24) is 4.90 Å². The zero-order chi connectivity index (χ0) is 27.3. The summed E-state index contributed by atoms with van der Waals surface area (Å²) in [7, 11) is -8.10. The van der Waals surface area contributed by atoms with Crippen LogP contribution in [0.2, 0.25) is 0 Å². The molecule has 3 N–H and O–H groups in total. The molecule has 1 atom stereocenters. The highest BCUT2D eigenvalue weighted by Gasteiger charge is 2.49. The summed E-state index contributed by atoms with van der Waals surface area (Å²) in [6.45, 7) is 6.09. The fourth-order valence-electron chi connectivity index (χ4n) is 5.47. The first-order valence-corrected chi connectivity index (χ1v) is 15.6. The van der Waals surface area contributed by atoms with Crippen LogP contribution in [0, 0.1) is 22.7 Å². The average molecular weight is 549 g/mol. The number of amides is 1. The summed E-state index contributed by atoms with van der Waals surface area (Å²) in [6, 6.07) is 4.84. The van der Waals surface area contributed by atoms with Crippen molar-refractivity contribution in [2.24, 2.45) is 11.3 Å². The Balaban J connectivity index is 1.78. The van der Waals surface area contributed by atoms with Crippen LogP contribution >= 0.6 is 0 Å². The Kier molecular flexibility index (Phi) is 6.84. The number of nitrogens with one attached hydrogen (secondary N) is 2. The van der Waals surface area contributed by atoms with Crippen LogP contribution in [-0.4, -0.2) is 51.6 Å². The molecular formula is C25H32N4O6S2. The Morgan fingerprint density at radius 3 is 2.46 bits per heavy atom. The number of sulfonamides is 1. The average Bonchev–Trinajstić information content (AvgIpc) is 3.36. The van der Waals surface area contributed by atoms with Crippen molar-refractivity contribution in [3.63, 3.8) is 0 Å². The van der Waals surface area contributed by atoms with Gasteiger partial charge in [-0.25, -0.2) is 16.8 Å². The minimum absolute atomic E-state index is 0.0113. The van der Waals surface area contributed by atoms with Gasteiger partial charge < -0.3 is 15.3 Å². The van der Waals surface area contributed by atoms with Crippen LogP contribution < -0.4 is 10.0 Å². The number of rotatable bonds is 6. The Labute approximate surface area is 218 Å². The van der Waals surface area contributed by atoms with Gasteiger partial charge in [-0.05, 0) is 36.0 Å². The fraction of sp³-hybridized carbons (Fsp3) is 0.520. The number of carbonyl (C=O) groups is 1. The lowest BCUT2D eigenvalue weighted by atomic mass is 9.85. The van der Waals surface area contributed by atoms with Gasteiger partial charge in [-0.3, -0.25) is 9.52 Å². The lowest BCUT2D eigenvalue weighted by Gasteiger charge is -2.35. The maximum atomic E-state index is 13.7. The van der Waals surface area contributed by atoms with E-state index < -0.39 is 42.1 Å². The second-order valence-electron chi connectivity index (χ2n) is 11.0. The van der Waals surface area contributed by atoms with E-state index in [1.807, 2.05) is 20.8 Å². The van der Waals surface area contributed by atoms with E-state index in [1.54, 1.807) is 11.0 Å². The number of benzene rings is 1. The lowest BCUT2D eigenvalue weighted by molar-refractivity contribution is -0.128. The summed E-state index contributed by atoms with van der Waals surface area (Å²) in [4.78, 5) is 14.3. The molecule has 1 fully saturated rings. The van der Waals surface area contributed by atoms with Crippen LogP contribution in [0.5, 0.6) is 0 Å². The number of hydrogen-bond donors (Lipinski definition) is 3. The molecule has 0 saturated heterocycles. The SMILES string of the molecule is CC(C)(C)[C@H]1C(O)=C(C2=C(C#N)S(=O)(=O)c3cc(NS(C)(=O)=O)ccc3N2)C(=O)N1CCC1CCCC1. The number of aliphatic hydroxyl groups excluding tert-OH is 1. The number of nitrogens with zero attached hydrogens (tertiary/aromatic N) is 2. The smallest absolute Gasteiger partial charge is 0.260 e. The Morgan fingerprint density at radius 1 is 1.24 bits per heavy atom. The second-order valence-corrected chi connectivity index (χ2v) is 14.6. The third-order valence-electron chi connectivity index (χ3n) is 7.06. The van der Waals surface area contributed by atoms with Crippen molar-refractivity contribution >= 4 is 37.1 Å². The summed E-state index contributed by atoms with van der Waals surface area (Å²) in [5, 5.41) is 24.1. The van der Waals surface area contributed by atoms with Crippen molar-refractivity contribution in [2.45, 2.75) is 63.8 Å². The van der Waals surface area contributed by atoms with Gasteiger partial charge >= 0.3 is 0 Å². The summed E-state index contributed by atoms with van der Waals surface area (Å²) in [6.07, 6.45) is 6.25. The van der Waals surface area contributed by atoms with Gasteiger partial charge in [-0.2, -0.15) is 5.26 Å². The van der Waals surface area contributed by atoms with Gasteiger partial charge in [0.1, 0.15) is 17.4 Å². The molecule has 12 heteroatoms. The van der Waals surface area contributed by atoms with Gasteiger partial charge in [0.15, 0.2) is 4.91 Å². The molecule has 4 rings (SSSR count). The highest BCUT2D eigenvalue weighted by Crippen LogP contribution is 2.44. The van der Waals surface area contributed by atoms with Gasteiger partial charge in [0.05, 0.1) is 28.6 Å². The first-order chi connectivity index (χ1) is 17.1. The van der Waals surface area contributed by atoms with Gasteiger partial charge in [0.25, 0.3) is 5.91 Å². The van der Waals surface area contributed by atoms with Crippen LogP contribution in [0.25, 0.3) is 0 Å². The highest BCUT2D eigenvalue weighted by atomic mass is 32.2. The maximum Gasteiger partial charge on any atom is 0.260 e. The maximum absolute atomic E-state index is 13.7. The quantitative estimate of drug-likeness (QED) is 0.486. The molecule has 0 spiro atoms. The Hall–Kier alpha value is -3.04. The molecule has 2 aliphatic heterocycles. The number of allylic oxidation sites excluding steroid dienone is 1. The summed E-state index contributed by atoms with van der Waals surface area (Å²) in [5.41, 5.74) is -0.966. The normalized spacial score (nSPS) is 22.2. The van der Waals surface area contributed by atoms with E-state index in [0.717, 1.165) is 44.4 Å². The van der Waals surface area contributed by atoms with Crippen molar-refractivity contribution in [2.75, 3.05) is 22.8 Å². The van der Waals surface area contributed by atoms with Gasteiger partial charge in [-0.1, -0.05) is 46.5 Å². The Bertz CT molecular complexity index is 1460. The van der Waals surface area contributed by atoms with E-state index >= 15 is 0 Å². The van der Waals surface area contributed by atoms with Crippen LogP contribution in [-0.2, 0) is 24.7 Å². The number of carbonyl (C=O) groups excluding carboxylic acids is 1. The van der Waals surface area contributed by atoms with Crippen molar-refractivity contribution in [1.29, 1.82) is 5.26 Å². The molecular weight excluding hydrogens is 516 g/mol. The zero-order valence-electron chi connectivity index (χ0n) is 21.3. The molecule has 1 saturated carbocycles. The molecule has 0 radical (unpaired) electrons. The molecule has 1 aromatic carbocycles. The summed E-state index contributed by atoms with van der Waals surface area (Å²) < 4.78 is 52.4. The Morgan fingerprint density at radius 2 is 1.89 bits per heavy atom. The molecule has 200 valence electrons. The topological polar surface area (TPSA) is 157 Å². The highest BCUT2D eigenvalue weighted by molar-refractivity contribution is 7.96. The third kappa shape index (κ3) is 5.07. The van der Waals surface area contributed by atoms with Crippen LogP contribution in [0.3, 0.4) is 0 Å². The van der Waals surface area contributed by atoms with Gasteiger partial charge in [-0.15, -0.1) is 0 Å². The van der Waals surface area contributed by atoms with Crippen LogP contribution in [0.1, 0.15) is 52.9 Å². The van der Waals surface area contributed by atoms with Gasteiger partial charge in [0.2, 0.25) is 19.9 Å². The largest absolute Gasteiger partial charge is 0.509 e. The third-order valence-corrected chi connectivity index (χ3v) is 9.41. The van der Waals surface area contributed by atoms with E-state index in [2.05, 4.69) is 10.0 Å². The number of sulfone groups is 1. The number of hydrogen-bond acceptors (Lipinski definition) is 8. The monoisotopic (exact) mass is 548 g/mol. The fourth-order valence-corrected chi connectivity index (χ4v) is 7.48. The first kappa shape index (κ1) is 27.0. The standard InChI is InChI=1S/C25H32N4O6S2/c1-25(2,3)23-22(30)20(24(31)29(23)12-11-15-7-5-6-8-15)21-19(14-26)37(34,35)18-13-16(28-36(4,32)33)9-10-17(18)27-21/h9-10,13,15,23,27-28,30H,5-8,11-12H2,1-4H3/t23-/m1/s1. The van der Waals surface area contributed by atoms with Crippen molar-refractivity contribution in [3.8, 4) is 6.07 Å². The van der Waals surface area contributed by atoms with Crippen LogP contribution in [0.15, 0.2) is 45.0 Å². The molecule has 0 bridgehead atoms. The van der Waals surface area contributed by atoms with Crippen LogP contribution in [0.4, 0.5) is 11.4 Å². The van der Waals surface area contributed by atoms with E-state index in [-0.39, 0.29) is 33.3 Å². The number of aliphatic hydroxyl groups is 1.